The van der Waals surface area contributed by atoms with Gasteiger partial charge in [-0.1, -0.05) is 23.7 Å². The number of amides is 1. The Hall–Kier alpha value is -3.82. The first kappa shape index (κ1) is 27.2. The van der Waals surface area contributed by atoms with Crippen molar-refractivity contribution in [3.05, 3.63) is 82.1 Å². The van der Waals surface area contributed by atoms with E-state index in [9.17, 15) is 19.1 Å². The summed E-state index contributed by atoms with van der Waals surface area (Å²) in [5.41, 5.74) is 2.55. The summed E-state index contributed by atoms with van der Waals surface area (Å²) in [5.74, 6) is -1.00. The van der Waals surface area contributed by atoms with E-state index in [0.717, 1.165) is 5.56 Å². The molecule has 3 aromatic rings. The Labute approximate surface area is 225 Å². The first-order chi connectivity index (χ1) is 18.3. The fourth-order valence-corrected chi connectivity index (χ4v) is 4.54. The lowest BCUT2D eigenvalue weighted by Gasteiger charge is -2.31. The third kappa shape index (κ3) is 6.35. The quantitative estimate of drug-likeness (QED) is 0.400. The molecule has 8 nitrogen and oxygen atoms in total. The van der Waals surface area contributed by atoms with Crippen molar-refractivity contribution in [3.63, 3.8) is 0 Å². The van der Waals surface area contributed by atoms with Gasteiger partial charge in [-0.05, 0) is 53.6 Å². The predicted molar refractivity (Wildman–Crippen MR) is 142 cm³/mol. The number of halogens is 2. The van der Waals surface area contributed by atoms with Crippen LogP contribution in [0.3, 0.4) is 0 Å². The van der Waals surface area contributed by atoms with Crippen LogP contribution in [0, 0.1) is 5.82 Å². The highest BCUT2D eigenvalue weighted by atomic mass is 35.5. The molecule has 200 valence electrons. The Morgan fingerprint density at radius 1 is 1.08 bits per heavy atom. The van der Waals surface area contributed by atoms with Gasteiger partial charge in [0.25, 0.3) is 0 Å². The molecule has 1 aliphatic heterocycles. The summed E-state index contributed by atoms with van der Waals surface area (Å²) in [6.07, 6.45) is 0. The molecule has 0 bridgehead atoms. The normalized spacial score (nSPS) is 13.2. The lowest BCUT2D eigenvalue weighted by atomic mass is 10.1. The van der Waals surface area contributed by atoms with Crippen LogP contribution in [0.5, 0.6) is 11.5 Å². The molecule has 1 saturated heterocycles. The number of carboxylic acids is 1. The van der Waals surface area contributed by atoms with Gasteiger partial charge in [-0.2, -0.15) is 0 Å². The van der Waals surface area contributed by atoms with Gasteiger partial charge in [0, 0.05) is 25.7 Å². The molecule has 38 heavy (non-hydrogen) atoms. The van der Waals surface area contributed by atoms with Crippen LogP contribution in [0.15, 0.2) is 54.6 Å². The second-order valence-electron chi connectivity index (χ2n) is 8.74. The van der Waals surface area contributed by atoms with Crippen molar-refractivity contribution in [1.29, 1.82) is 0 Å². The molecule has 1 aliphatic rings. The molecule has 0 spiro atoms. The minimum absolute atomic E-state index is 0.107. The van der Waals surface area contributed by atoms with Gasteiger partial charge in [0.1, 0.15) is 12.4 Å². The van der Waals surface area contributed by atoms with Crippen molar-refractivity contribution >= 4 is 34.9 Å². The number of aromatic carboxylic acids is 1. The zero-order chi connectivity index (χ0) is 27.2. The van der Waals surface area contributed by atoms with E-state index in [2.05, 4.69) is 0 Å². The SMILES string of the molecule is COc1cc(CN(C(C)=O)c2ccc(N3CCOCC3)c(C(=O)O)c2)cc(Cl)c1OCc1ccc(F)cc1. The Kier molecular flexibility index (Phi) is 8.70. The summed E-state index contributed by atoms with van der Waals surface area (Å²) in [4.78, 5) is 28.2. The highest BCUT2D eigenvalue weighted by molar-refractivity contribution is 6.32. The Morgan fingerprint density at radius 3 is 2.42 bits per heavy atom. The van der Waals surface area contributed by atoms with Gasteiger partial charge in [-0.25, -0.2) is 9.18 Å². The maximum atomic E-state index is 13.2. The van der Waals surface area contributed by atoms with Crippen molar-refractivity contribution in [3.8, 4) is 11.5 Å². The molecule has 1 amide bonds. The highest BCUT2D eigenvalue weighted by Gasteiger charge is 2.22. The third-order valence-electron chi connectivity index (χ3n) is 6.18. The summed E-state index contributed by atoms with van der Waals surface area (Å²) in [7, 11) is 1.48. The fraction of sp³-hybridized carbons (Fsp3) is 0.286. The van der Waals surface area contributed by atoms with Crippen molar-refractivity contribution in [1.82, 2.24) is 0 Å². The van der Waals surface area contributed by atoms with Crippen molar-refractivity contribution in [2.24, 2.45) is 0 Å². The Balaban J connectivity index is 1.58. The molecule has 0 aliphatic carbocycles. The van der Waals surface area contributed by atoms with E-state index in [-0.39, 0.29) is 35.5 Å². The molecular weight excluding hydrogens is 515 g/mol. The second kappa shape index (κ2) is 12.1. The van der Waals surface area contributed by atoms with E-state index in [0.29, 0.717) is 54.7 Å². The number of nitrogens with zero attached hydrogens (tertiary/aromatic N) is 2. The summed E-state index contributed by atoms with van der Waals surface area (Å²) in [6.45, 7) is 3.91. The van der Waals surface area contributed by atoms with E-state index in [1.807, 2.05) is 4.90 Å². The number of methoxy groups -OCH3 is 1. The lowest BCUT2D eigenvalue weighted by Crippen LogP contribution is -2.37. The molecule has 0 unspecified atom stereocenters. The number of carboxylic acid groups (broad SMARTS) is 1. The lowest BCUT2D eigenvalue weighted by molar-refractivity contribution is -0.116. The van der Waals surface area contributed by atoms with Crippen LogP contribution in [-0.4, -0.2) is 50.4 Å². The van der Waals surface area contributed by atoms with Gasteiger partial charge in [0.15, 0.2) is 11.5 Å². The van der Waals surface area contributed by atoms with Crippen LogP contribution in [0.1, 0.15) is 28.4 Å². The van der Waals surface area contributed by atoms with E-state index in [1.54, 1.807) is 36.4 Å². The Bertz CT molecular complexity index is 1310. The topological polar surface area (TPSA) is 88.5 Å². The fourth-order valence-electron chi connectivity index (χ4n) is 4.25. The van der Waals surface area contributed by atoms with E-state index < -0.39 is 5.97 Å². The molecule has 0 radical (unpaired) electrons. The number of anilines is 2. The van der Waals surface area contributed by atoms with Crippen LogP contribution in [0.4, 0.5) is 15.8 Å². The number of ether oxygens (including phenoxy) is 3. The smallest absolute Gasteiger partial charge is 0.337 e. The predicted octanol–water partition coefficient (Wildman–Crippen LogP) is 5.15. The maximum Gasteiger partial charge on any atom is 0.337 e. The van der Waals surface area contributed by atoms with Crippen LogP contribution in [-0.2, 0) is 22.7 Å². The molecule has 0 saturated carbocycles. The summed E-state index contributed by atoms with van der Waals surface area (Å²) >= 11 is 6.53. The summed E-state index contributed by atoms with van der Waals surface area (Å²) in [5, 5.41) is 10.2. The van der Waals surface area contributed by atoms with E-state index >= 15 is 0 Å². The van der Waals surface area contributed by atoms with Gasteiger partial charge < -0.3 is 29.1 Å². The van der Waals surface area contributed by atoms with Crippen molar-refractivity contribution < 1.29 is 33.3 Å². The molecule has 3 aromatic carbocycles. The second-order valence-corrected chi connectivity index (χ2v) is 9.14. The molecule has 10 heteroatoms. The molecule has 1 N–H and O–H groups in total. The van der Waals surface area contributed by atoms with Gasteiger partial charge >= 0.3 is 5.97 Å². The average molecular weight is 543 g/mol. The largest absolute Gasteiger partial charge is 0.493 e. The van der Waals surface area contributed by atoms with Crippen LogP contribution < -0.4 is 19.3 Å². The van der Waals surface area contributed by atoms with Gasteiger partial charge in [-0.15, -0.1) is 0 Å². The van der Waals surface area contributed by atoms with Crippen LogP contribution in [0.2, 0.25) is 5.02 Å². The monoisotopic (exact) mass is 542 g/mol. The van der Waals surface area contributed by atoms with Gasteiger partial charge in [-0.3, -0.25) is 4.79 Å². The molecule has 0 aromatic heterocycles. The number of carbonyl (C=O) groups is 2. The minimum atomic E-state index is -1.08. The standard InChI is InChI=1S/C28H28ClFN2O6/c1-18(33)32(22-7-8-25(23(15-22)28(34)35)31-9-11-37-12-10-31)16-20-13-24(29)27(26(14-20)36-2)38-17-19-3-5-21(30)6-4-19/h3-8,13-15H,9-12,16-17H2,1-2H3,(H,34,35). The zero-order valence-electron chi connectivity index (χ0n) is 21.1. The van der Waals surface area contributed by atoms with E-state index in [4.69, 9.17) is 25.8 Å². The Morgan fingerprint density at radius 2 is 1.79 bits per heavy atom. The van der Waals surface area contributed by atoms with Crippen molar-refractivity contribution in [2.45, 2.75) is 20.1 Å². The molecule has 1 heterocycles. The van der Waals surface area contributed by atoms with Gasteiger partial charge in [0.2, 0.25) is 5.91 Å². The molecule has 0 atom stereocenters. The molecule has 4 rings (SSSR count). The number of rotatable bonds is 9. The zero-order valence-corrected chi connectivity index (χ0v) is 21.8. The molecular formula is C28H28ClFN2O6. The van der Waals surface area contributed by atoms with Crippen molar-refractivity contribution in [2.75, 3.05) is 43.2 Å². The number of hydrogen-bond acceptors (Lipinski definition) is 6. The number of carbonyl (C=O) groups excluding carboxylic acids is 1. The summed E-state index contributed by atoms with van der Waals surface area (Å²) in [6, 6.07) is 14.3. The first-order valence-corrected chi connectivity index (χ1v) is 12.4. The summed E-state index contributed by atoms with van der Waals surface area (Å²) < 4.78 is 29.9. The highest BCUT2D eigenvalue weighted by Crippen LogP contribution is 2.38. The maximum absolute atomic E-state index is 13.2. The molecule has 1 fully saturated rings. The number of benzene rings is 3. The van der Waals surface area contributed by atoms with Crippen LogP contribution in [0.25, 0.3) is 0 Å². The first-order valence-electron chi connectivity index (χ1n) is 12.0. The number of hydrogen-bond donors (Lipinski definition) is 1. The van der Waals surface area contributed by atoms with E-state index in [1.165, 1.54) is 37.1 Å². The average Bonchev–Trinajstić information content (AvgIpc) is 2.91. The van der Waals surface area contributed by atoms with Gasteiger partial charge in [0.05, 0.1) is 43.1 Å². The van der Waals surface area contributed by atoms with Crippen LogP contribution >= 0.6 is 11.6 Å². The minimum Gasteiger partial charge on any atom is -0.493 e. The third-order valence-corrected chi connectivity index (χ3v) is 6.46. The number of morpholine rings is 1.